The molecule has 1 saturated carbocycles. The summed E-state index contributed by atoms with van der Waals surface area (Å²) in [6.45, 7) is 5.42. The van der Waals surface area contributed by atoms with Gasteiger partial charge in [-0.1, -0.05) is 0 Å². The van der Waals surface area contributed by atoms with Crippen LogP contribution >= 0.6 is 15.9 Å². The highest BCUT2D eigenvalue weighted by atomic mass is 79.9. The smallest absolute Gasteiger partial charge is 0.255 e. The molecule has 0 unspecified atom stereocenters. The number of nitrogens with one attached hydrogen (secondary N) is 2. The van der Waals surface area contributed by atoms with Gasteiger partial charge in [0.15, 0.2) is 0 Å². The Labute approximate surface area is 127 Å². The molecule has 0 saturated heterocycles. The van der Waals surface area contributed by atoms with E-state index in [1.165, 1.54) is 0 Å². The summed E-state index contributed by atoms with van der Waals surface area (Å²) in [4.78, 5) is 16.5. The molecule has 2 N–H and O–H groups in total. The summed E-state index contributed by atoms with van der Waals surface area (Å²) in [6, 6.07) is 1.99. The third-order valence-corrected chi connectivity index (χ3v) is 3.71. The maximum Gasteiger partial charge on any atom is 0.255 e. The predicted molar refractivity (Wildman–Crippen MR) is 82.0 cm³/mol. The molecule has 0 aromatic carbocycles. The van der Waals surface area contributed by atoms with Crippen molar-refractivity contribution in [3.8, 4) is 0 Å². The SMILES string of the molecule is CCNc1ncc(Br)cc1C(=O)NC1CC(OCC)C1. The van der Waals surface area contributed by atoms with Crippen LogP contribution in [0.25, 0.3) is 0 Å². The fourth-order valence-electron chi connectivity index (χ4n) is 2.24. The number of nitrogens with zero attached hydrogens (tertiary/aromatic N) is 1. The first-order valence-electron chi connectivity index (χ1n) is 6.95. The van der Waals surface area contributed by atoms with Crippen molar-refractivity contribution in [2.45, 2.75) is 38.8 Å². The van der Waals surface area contributed by atoms with E-state index in [9.17, 15) is 4.79 Å². The molecule has 1 aromatic rings. The van der Waals surface area contributed by atoms with Gasteiger partial charge in [0.05, 0.1) is 11.7 Å². The summed E-state index contributed by atoms with van der Waals surface area (Å²) in [6.07, 6.45) is 3.75. The molecule has 1 aliphatic rings. The number of anilines is 1. The largest absolute Gasteiger partial charge is 0.378 e. The van der Waals surface area contributed by atoms with Gasteiger partial charge in [-0.15, -0.1) is 0 Å². The second-order valence-electron chi connectivity index (χ2n) is 4.80. The molecule has 2 rings (SSSR count). The van der Waals surface area contributed by atoms with Crippen molar-refractivity contribution in [2.75, 3.05) is 18.5 Å². The van der Waals surface area contributed by atoms with E-state index in [1.54, 1.807) is 12.3 Å². The Bertz CT molecular complexity index is 475. The molecule has 0 radical (unpaired) electrons. The molecule has 1 aliphatic carbocycles. The summed E-state index contributed by atoms with van der Waals surface area (Å²) in [5, 5.41) is 6.13. The fraction of sp³-hybridized carbons (Fsp3) is 0.571. The van der Waals surface area contributed by atoms with Gasteiger partial charge in [0.25, 0.3) is 5.91 Å². The van der Waals surface area contributed by atoms with Crippen LogP contribution in [0.4, 0.5) is 5.82 Å². The number of hydrogen-bond acceptors (Lipinski definition) is 4. The standard InChI is InChI=1S/C14H20BrN3O2/c1-3-16-13-12(5-9(15)8-17-13)14(19)18-10-6-11(7-10)20-4-2/h5,8,10-11H,3-4,6-7H2,1-2H3,(H,16,17)(H,18,19). The minimum absolute atomic E-state index is 0.0882. The van der Waals surface area contributed by atoms with E-state index >= 15 is 0 Å². The molecule has 0 bridgehead atoms. The molecule has 0 aliphatic heterocycles. The minimum Gasteiger partial charge on any atom is -0.378 e. The van der Waals surface area contributed by atoms with Gasteiger partial charge in [-0.25, -0.2) is 4.98 Å². The molecule has 5 nitrogen and oxygen atoms in total. The zero-order valence-electron chi connectivity index (χ0n) is 11.8. The van der Waals surface area contributed by atoms with Crippen molar-refractivity contribution >= 4 is 27.7 Å². The monoisotopic (exact) mass is 341 g/mol. The highest BCUT2D eigenvalue weighted by Gasteiger charge is 2.31. The number of amides is 1. The number of rotatable bonds is 6. The Hall–Kier alpha value is -1.14. The van der Waals surface area contributed by atoms with Crippen LogP contribution in [-0.4, -0.2) is 36.2 Å². The van der Waals surface area contributed by atoms with E-state index in [4.69, 9.17) is 4.74 Å². The van der Waals surface area contributed by atoms with E-state index in [1.807, 2.05) is 13.8 Å². The number of ether oxygens (including phenoxy) is 1. The van der Waals surface area contributed by atoms with Gasteiger partial charge in [0.1, 0.15) is 5.82 Å². The molecule has 20 heavy (non-hydrogen) atoms. The minimum atomic E-state index is -0.0882. The van der Waals surface area contributed by atoms with Crippen molar-refractivity contribution in [1.82, 2.24) is 10.3 Å². The lowest BCUT2D eigenvalue weighted by molar-refractivity contribution is -0.00862. The Morgan fingerprint density at radius 1 is 1.50 bits per heavy atom. The van der Waals surface area contributed by atoms with Crippen molar-refractivity contribution in [3.05, 3.63) is 22.3 Å². The van der Waals surface area contributed by atoms with Crippen LogP contribution in [-0.2, 0) is 4.74 Å². The van der Waals surface area contributed by atoms with Crippen LogP contribution in [0, 0.1) is 0 Å². The maximum absolute atomic E-state index is 12.3. The highest BCUT2D eigenvalue weighted by Crippen LogP contribution is 2.24. The lowest BCUT2D eigenvalue weighted by atomic mass is 9.89. The van der Waals surface area contributed by atoms with Gasteiger partial charge in [0, 0.05) is 29.9 Å². The Kier molecular flexibility index (Phi) is 5.37. The average Bonchev–Trinajstić information content (AvgIpc) is 2.38. The maximum atomic E-state index is 12.3. The normalized spacial score (nSPS) is 21.1. The third-order valence-electron chi connectivity index (χ3n) is 3.28. The van der Waals surface area contributed by atoms with Gasteiger partial charge in [-0.3, -0.25) is 4.79 Å². The van der Waals surface area contributed by atoms with Gasteiger partial charge in [-0.2, -0.15) is 0 Å². The van der Waals surface area contributed by atoms with Gasteiger partial charge in [0.2, 0.25) is 0 Å². The number of carbonyl (C=O) groups excluding carboxylic acids is 1. The zero-order chi connectivity index (χ0) is 14.5. The zero-order valence-corrected chi connectivity index (χ0v) is 13.4. The van der Waals surface area contributed by atoms with Gasteiger partial charge in [-0.05, 0) is 48.7 Å². The number of carbonyl (C=O) groups is 1. The van der Waals surface area contributed by atoms with Crippen molar-refractivity contribution in [2.24, 2.45) is 0 Å². The van der Waals surface area contributed by atoms with Crippen LogP contribution in [0.3, 0.4) is 0 Å². The van der Waals surface area contributed by atoms with E-state index in [0.717, 1.165) is 30.5 Å². The molecule has 110 valence electrons. The second kappa shape index (κ2) is 7.04. The molecule has 1 fully saturated rings. The van der Waals surface area contributed by atoms with Crippen molar-refractivity contribution in [3.63, 3.8) is 0 Å². The second-order valence-corrected chi connectivity index (χ2v) is 5.71. The molecular weight excluding hydrogens is 322 g/mol. The fourth-order valence-corrected chi connectivity index (χ4v) is 2.57. The lowest BCUT2D eigenvalue weighted by Gasteiger charge is -2.35. The first kappa shape index (κ1) is 15.3. The molecule has 1 aromatic heterocycles. The topological polar surface area (TPSA) is 63.2 Å². The first-order chi connectivity index (χ1) is 9.63. The van der Waals surface area contributed by atoms with Crippen LogP contribution in [0.5, 0.6) is 0 Å². The van der Waals surface area contributed by atoms with Crippen LogP contribution in [0.2, 0.25) is 0 Å². The Balaban J connectivity index is 1.97. The molecule has 0 spiro atoms. The van der Waals surface area contributed by atoms with E-state index in [2.05, 4.69) is 31.5 Å². The average molecular weight is 342 g/mol. The molecule has 1 heterocycles. The summed E-state index contributed by atoms with van der Waals surface area (Å²) in [5.41, 5.74) is 0.570. The Morgan fingerprint density at radius 2 is 2.25 bits per heavy atom. The lowest BCUT2D eigenvalue weighted by Crippen LogP contribution is -2.48. The number of halogens is 1. The van der Waals surface area contributed by atoms with Gasteiger partial charge >= 0.3 is 0 Å². The predicted octanol–water partition coefficient (Wildman–Crippen LogP) is 2.57. The summed E-state index contributed by atoms with van der Waals surface area (Å²) < 4.78 is 6.29. The van der Waals surface area contributed by atoms with Crippen LogP contribution in [0.15, 0.2) is 16.7 Å². The van der Waals surface area contributed by atoms with E-state index in [0.29, 0.717) is 17.5 Å². The van der Waals surface area contributed by atoms with Crippen LogP contribution < -0.4 is 10.6 Å². The molecule has 6 heteroatoms. The number of aromatic nitrogens is 1. The Morgan fingerprint density at radius 3 is 2.90 bits per heavy atom. The summed E-state index contributed by atoms with van der Waals surface area (Å²) in [7, 11) is 0. The molecule has 1 amide bonds. The van der Waals surface area contributed by atoms with Crippen molar-refractivity contribution in [1.29, 1.82) is 0 Å². The number of hydrogen-bond donors (Lipinski definition) is 2. The summed E-state index contributed by atoms with van der Waals surface area (Å²) in [5.74, 6) is 0.531. The van der Waals surface area contributed by atoms with E-state index < -0.39 is 0 Å². The quantitative estimate of drug-likeness (QED) is 0.834. The molecule has 0 atom stereocenters. The summed E-state index contributed by atoms with van der Waals surface area (Å²) >= 11 is 3.35. The third kappa shape index (κ3) is 3.70. The number of pyridine rings is 1. The first-order valence-corrected chi connectivity index (χ1v) is 7.75. The highest BCUT2D eigenvalue weighted by molar-refractivity contribution is 9.10. The molecular formula is C14H20BrN3O2. The van der Waals surface area contributed by atoms with Crippen molar-refractivity contribution < 1.29 is 9.53 Å². The van der Waals surface area contributed by atoms with E-state index in [-0.39, 0.29) is 11.9 Å². The van der Waals surface area contributed by atoms with Gasteiger partial charge < -0.3 is 15.4 Å². The van der Waals surface area contributed by atoms with Crippen LogP contribution in [0.1, 0.15) is 37.0 Å².